The van der Waals surface area contributed by atoms with Gasteiger partial charge in [-0.2, -0.15) is 10.2 Å². The first-order valence-corrected chi connectivity index (χ1v) is 15.0. The third-order valence-electron chi connectivity index (χ3n) is 7.45. The normalized spacial score (nSPS) is 14.0. The zero-order chi connectivity index (χ0) is 29.3. The van der Waals surface area contributed by atoms with Crippen LogP contribution >= 0.6 is 0 Å². The maximum atomic E-state index is 14.1. The van der Waals surface area contributed by atoms with Gasteiger partial charge in [0.1, 0.15) is 5.82 Å². The van der Waals surface area contributed by atoms with E-state index in [1.807, 2.05) is 13.0 Å². The summed E-state index contributed by atoms with van der Waals surface area (Å²) in [5.41, 5.74) is 0.996. The van der Waals surface area contributed by atoms with Crippen LogP contribution in [-0.2, 0) is 23.3 Å². The van der Waals surface area contributed by atoms with Gasteiger partial charge in [0.15, 0.2) is 4.90 Å². The van der Waals surface area contributed by atoms with Crippen molar-refractivity contribution in [3.63, 3.8) is 0 Å². The molecule has 1 fully saturated rings. The fourth-order valence-corrected chi connectivity index (χ4v) is 6.51. The van der Waals surface area contributed by atoms with Crippen LogP contribution in [0.25, 0.3) is 11.1 Å². The van der Waals surface area contributed by atoms with Gasteiger partial charge in [-0.25, -0.2) is 8.42 Å². The summed E-state index contributed by atoms with van der Waals surface area (Å²) >= 11 is 0. The number of sulfone groups is 1. The van der Waals surface area contributed by atoms with Crippen LogP contribution in [0.3, 0.4) is 0 Å². The van der Waals surface area contributed by atoms with Crippen LogP contribution in [-0.4, -0.2) is 27.6 Å². The molecular formula is C31H30N4O5S. The smallest absolute Gasteiger partial charge is 0.277 e. The Kier molecular flexibility index (Phi) is 7.65. The lowest BCUT2D eigenvalue weighted by Crippen LogP contribution is -2.34. The molecule has 4 aromatic rings. The number of benzene rings is 2. The SMILES string of the molecule is CCCCc1nc(O)c(S(=O)(=O)c2ccc(-c3cccn(C)c3=O)cc2)c(=O)n1[C@H](c1cccc(C#N)c1)C1CC1. The molecule has 0 bridgehead atoms. The lowest BCUT2D eigenvalue weighted by Gasteiger charge is -2.24. The highest BCUT2D eigenvalue weighted by Crippen LogP contribution is 2.44. The third kappa shape index (κ3) is 5.33. The molecule has 1 aliphatic carbocycles. The Balaban J connectivity index is 1.66. The predicted molar refractivity (Wildman–Crippen MR) is 153 cm³/mol. The molecule has 0 saturated heterocycles. The first-order chi connectivity index (χ1) is 19.7. The molecule has 1 saturated carbocycles. The van der Waals surface area contributed by atoms with Gasteiger partial charge in [-0.3, -0.25) is 14.2 Å². The molecule has 0 radical (unpaired) electrons. The van der Waals surface area contributed by atoms with Crippen molar-refractivity contribution in [2.24, 2.45) is 13.0 Å². The Morgan fingerprint density at radius 2 is 1.80 bits per heavy atom. The Morgan fingerprint density at radius 1 is 1.07 bits per heavy atom. The van der Waals surface area contributed by atoms with Crippen LogP contribution in [0.2, 0.25) is 0 Å². The van der Waals surface area contributed by atoms with Gasteiger partial charge in [-0.05, 0) is 72.7 Å². The molecule has 0 amide bonds. The van der Waals surface area contributed by atoms with E-state index in [2.05, 4.69) is 11.1 Å². The van der Waals surface area contributed by atoms with Crippen molar-refractivity contribution in [2.75, 3.05) is 0 Å². The largest absolute Gasteiger partial charge is 0.492 e. The van der Waals surface area contributed by atoms with E-state index in [0.29, 0.717) is 35.4 Å². The van der Waals surface area contributed by atoms with E-state index >= 15 is 0 Å². The predicted octanol–water partition coefficient (Wildman–Crippen LogP) is 4.36. The summed E-state index contributed by atoms with van der Waals surface area (Å²) in [5.74, 6) is -0.460. The Bertz CT molecular complexity index is 1880. The summed E-state index contributed by atoms with van der Waals surface area (Å²) in [6.07, 6.45) is 5.18. The van der Waals surface area contributed by atoms with Crippen LogP contribution in [0.4, 0.5) is 0 Å². The van der Waals surface area contributed by atoms with Gasteiger partial charge in [0.2, 0.25) is 15.7 Å². The summed E-state index contributed by atoms with van der Waals surface area (Å²) < 4.78 is 30.5. The second kappa shape index (κ2) is 11.2. The molecule has 0 spiro atoms. The summed E-state index contributed by atoms with van der Waals surface area (Å²) in [6.45, 7) is 1.99. The second-order valence-corrected chi connectivity index (χ2v) is 12.2. The van der Waals surface area contributed by atoms with E-state index in [4.69, 9.17) is 0 Å². The summed E-state index contributed by atoms with van der Waals surface area (Å²) in [5, 5.41) is 20.4. The highest BCUT2D eigenvalue weighted by molar-refractivity contribution is 7.91. The topological polar surface area (TPSA) is 135 Å². The summed E-state index contributed by atoms with van der Waals surface area (Å²) in [4.78, 5) is 30.0. The standard InChI is InChI=1S/C31H30N4O5S/c1-3-4-10-26-33-29(36)28(31(38)35(26)27(22-11-12-22)23-8-5-7-20(18-23)19-32)41(39,40)24-15-13-21(14-16-24)25-9-6-17-34(2)30(25)37/h5-9,13-18,22,27,36H,3-4,10-12H2,1-2H3/t27-/m0/s1. The maximum Gasteiger partial charge on any atom is 0.277 e. The van der Waals surface area contributed by atoms with Crippen molar-refractivity contribution in [3.8, 4) is 23.1 Å². The van der Waals surface area contributed by atoms with E-state index in [1.165, 1.54) is 33.4 Å². The monoisotopic (exact) mass is 570 g/mol. The fraction of sp³-hybridized carbons (Fsp3) is 0.290. The Morgan fingerprint density at radius 3 is 2.46 bits per heavy atom. The fourth-order valence-electron chi connectivity index (χ4n) is 5.17. The molecule has 9 nitrogen and oxygen atoms in total. The molecule has 5 rings (SSSR count). The number of pyridine rings is 1. The number of nitriles is 1. The van der Waals surface area contributed by atoms with Crippen LogP contribution in [0.5, 0.6) is 5.88 Å². The van der Waals surface area contributed by atoms with Gasteiger partial charge >= 0.3 is 0 Å². The first-order valence-electron chi connectivity index (χ1n) is 13.5. The van der Waals surface area contributed by atoms with E-state index in [1.54, 1.807) is 43.6 Å². The van der Waals surface area contributed by atoms with Crippen molar-refractivity contribution < 1.29 is 13.5 Å². The molecule has 210 valence electrons. The number of nitrogens with zero attached hydrogens (tertiary/aromatic N) is 4. The molecular weight excluding hydrogens is 540 g/mol. The van der Waals surface area contributed by atoms with Gasteiger partial charge in [0.25, 0.3) is 11.1 Å². The molecule has 1 aliphatic rings. The number of hydrogen-bond acceptors (Lipinski definition) is 7. The molecule has 2 aromatic heterocycles. The molecule has 0 unspecified atom stereocenters. The molecule has 2 aromatic carbocycles. The van der Waals surface area contributed by atoms with E-state index in [0.717, 1.165) is 24.8 Å². The minimum atomic E-state index is -4.49. The van der Waals surface area contributed by atoms with Crippen molar-refractivity contribution >= 4 is 9.84 Å². The molecule has 1 atom stereocenters. The Hall–Kier alpha value is -4.49. The molecule has 10 heteroatoms. The number of rotatable bonds is 9. The van der Waals surface area contributed by atoms with Crippen LogP contribution in [0, 0.1) is 17.2 Å². The van der Waals surface area contributed by atoms with Crippen molar-refractivity contribution in [1.82, 2.24) is 14.1 Å². The van der Waals surface area contributed by atoms with Gasteiger partial charge in [-0.1, -0.05) is 37.6 Å². The summed E-state index contributed by atoms with van der Waals surface area (Å²) in [6, 6.07) is 17.6. The molecule has 2 heterocycles. The minimum absolute atomic E-state index is 0.0664. The third-order valence-corrected chi connectivity index (χ3v) is 9.24. The van der Waals surface area contributed by atoms with Crippen LogP contribution in [0.15, 0.2) is 86.2 Å². The van der Waals surface area contributed by atoms with Gasteiger partial charge < -0.3 is 9.67 Å². The highest BCUT2D eigenvalue weighted by Gasteiger charge is 2.38. The number of aryl methyl sites for hydroxylation is 2. The van der Waals surface area contributed by atoms with E-state index in [-0.39, 0.29) is 16.4 Å². The van der Waals surface area contributed by atoms with Crippen molar-refractivity contribution in [3.05, 3.63) is 105 Å². The lowest BCUT2D eigenvalue weighted by molar-refractivity contribution is 0.399. The van der Waals surface area contributed by atoms with Gasteiger partial charge in [-0.15, -0.1) is 0 Å². The minimum Gasteiger partial charge on any atom is -0.492 e. The van der Waals surface area contributed by atoms with Crippen molar-refractivity contribution in [2.45, 2.75) is 54.9 Å². The van der Waals surface area contributed by atoms with Gasteiger partial charge in [0, 0.05) is 25.2 Å². The zero-order valence-corrected chi connectivity index (χ0v) is 23.6. The molecule has 0 aliphatic heterocycles. The van der Waals surface area contributed by atoms with E-state index in [9.17, 15) is 28.4 Å². The molecule has 1 N–H and O–H groups in total. The van der Waals surface area contributed by atoms with Gasteiger partial charge in [0.05, 0.1) is 22.6 Å². The zero-order valence-electron chi connectivity index (χ0n) is 22.8. The average molecular weight is 571 g/mol. The number of aromatic nitrogens is 3. The second-order valence-electron chi connectivity index (χ2n) is 10.3. The van der Waals surface area contributed by atoms with Crippen LogP contribution in [0.1, 0.15) is 55.6 Å². The maximum absolute atomic E-state index is 14.1. The number of unbranched alkanes of at least 4 members (excludes halogenated alkanes) is 1. The quantitative estimate of drug-likeness (QED) is 0.316. The van der Waals surface area contributed by atoms with Crippen LogP contribution < -0.4 is 11.1 Å². The van der Waals surface area contributed by atoms with Crippen molar-refractivity contribution in [1.29, 1.82) is 5.26 Å². The first kappa shape index (κ1) is 28.1. The highest BCUT2D eigenvalue weighted by atomic mass is 32.2. The number of aromatic hydroxyl groups is 1. The lowest BCUT2D eigenvalue weighted by atomic mass is 9.99. The molecule has 41 heavy (non-hydrogen) atoms. The Labute approximate surface area is 237 Å². The summed E-state index contributed by atoms with van der Waals surface area (Å²) in [7, 11) is -2.87. The van der Waals surface area contributed by atoms with E-state index < -0.39 is 32.2 Å². The number of hydrogen-bond donors (Lipinski definition) is 1. The average Bonchev–Trinajstić information content (AvgIpc) is 3.80.